The van der Waals surface area contributed by atoms with Gasteiger partial charge in [-0.3, -0.25) is 0 Å². The maximum absolute atomic E-state index is 10.3. The van der Waals surface area contributed by atoms with Crippen LogP contribution in [0.5, 0.6) is 0 Å². The average Bonchev–Trinajstić information content (AvgIpc) is 1.95. The summed E-state index contributed by atoms with van der Waals surface area (Å²) < 4.78 is 0. The normalized spacial score (nSPS) is 17.2. The predicted octanol–water partition coefficient (Wildman–Crippen LogP) is 4.10. The second-order valence-corrected chi connectivity index (χ2v) is 6.80. The van der Waals surface area contributed by atoms with Gasteiger partial charge in [0.25, 0.3) is 0 Å². The molecule has 0 aliphatic carbocycles. The average molecular weight is 214 g/mol. The molecule has 1 heteroatoms. The van der Waals surface area contributed by atoms with Gasteiger partial charge in [-0.1, -0.05) is 48.5 Å². The minimum Gasteiger partial charge on any atom is -0.393 e. The molecule has 0 bridgehead atoms. The molecule has 92 valence electrons. The lowest BCUT2D eigenvalue weighted by Crippen LogP contribution is -2.34. The van der Waals surface area contributed by atoms with E-state index in [9.17, 15) is 5.11 Å². The molecule has 0 radical (unpaired) electrons. The predicted molar refractivity (Wildman–Crippen MR) is 67.9 cm³/mol. The van der Waals surface area contributed by atoms with Crippen LogP contribution in [0.3, 0.4) is 0 Å². The Bertz CT molecular complexity index is 165. The van der Waals surface area contributed by atoms with Crippen molar-refractivity contribution in [2.45, 2.75) is 67.4 Å². The Morgan fingerprint density at radius 1 is 0.867 bits per heavy atom. The van der Waals surface area contributed by atoms with Crippen LogP contribution in [0.4, 0.5) is 0 Å². The van der Waals surface area contributed by atoms with Gasteiger partial charge in [0.05, 0.1) is 6.10 Å². The molecular weight excluding hydrogens is 184 g/mol. The Morgan fingerprint density at radius 2 is 1.27 bits per heavy atom. The van der Waals surface area contributed by atoms with E-state index in [-0.39, 0.29) is 11.5 Å². The molecule has 0 aromatic rings. The Hall–Kier alpha value is -0.0400. The summed E-state index contributed by atoms with van der Waals surface area (Å²) in [6.45, 7) is 15.6. The van der Waals surface area contributed by atoms with Gasteiger partial charge < -0.3 is 5.11 Å². The van der Waals surface area contributed by atoms with Crippen LogP contribution in [0.1, 0.15) is 61.3 Å². The fourth-order valence-corrected chi connectivity index (χ4v) is 2.24. The first kappa shape index (κ1) is 15.0. The molecule has 15 heavy (non-hydrogen) atoms. The molecule has 0 fully saturated rings. The van der Waals surface area contributed by atoms with E-state index in [0.29, 0.717) is 17.8 Å². The Kier molecular flexibility index (Phi) is 5.87. The number of aliphatic hydroxyl groups excluding tert-OH is 1. The number of rotatable bonds is 5. The van der Waals surface area contributed by atoms with Crippen LogP contribution >= 0.6 is 0 Å². The molecule has 1 N–H and O–H groups in total. The molecule has 0 spiro atoms. The summed E-state index contributed by atoms with van der Waals surface area (Å²) in [5.74, 6) is 1.66. The molecule has 2 unspecified atom stereocenters. The van der Waals surface area contributed by atoms with E-state index < -0.39 is 0 Å². The topological polar surface area (TPSA) is 20.2 Å². The molecule has 0 aromatic carbocycles. The van der Waals surface area contributed by atoms with E-state index in [1.165, 1.54) is 0 Å². The third kappa shape index (κ3) is 6.19. The Balaban J connectivity index is 4.48. The molecule has 0 heterocycles. The van der Waals surface area contributed by atoms with Gasteiger partial charge in [0.1, 0.15) is 0 Å². The summed E-state index contributed by atoms with van der Waals surface area (Å²) in [5, 5.41) is 10.3. The van der Waals surface area contributed by atoms with Crippen LogP contribution in [0.15, 0.2) is 0 Å². The minimum absolute atomic E-state index is 0.146. The highest BCUT2D eigenvalue weighted by atomic mass is 16.3. The summed E-state index contributed by atoms with van der Waals surface area (Å²) >= 11 is 0. The summed E-state index contributed by atoms with van der Waals surface area (Å²) in [4.78, 5) is 0. The van der Waals surface area contributed by atoms with Gasteiger partial charge in [-0.25, -0.2) is 0 Å². The third-order valence-corrected chi connectivity index (χ3v) is 3.02. The first-order valence-corrected chi connectivity index (χ1v) is 6.32. The molecule has 0 rings (SSSR count). The van der Waals surface area contributed by atoms with Gasteiger partial charge in [0, 0.05) is 0 Å². The quantitative estimate of drug-likeness (QED) is 0.730. The van der Waals surface area contributed by atoms with E-state index in [4.69, 9.17) is 0 Å². The highest BCUT2D eigenvalue weighted by Crippen LogP contribution is 2.35. The van der Waals surface area contributed by atoms with E-state index in [2.05, 4.69) is 48.5 Å². The molecule has 0 amide bonds. The highest BCUT2D eigenvalue weighted by molar-refractivity contribution is 4.81. The first-order chi connectivity index (χ1) is 6.64. The third-order valence-electron chi connectivity index (χ3n) is 3.02. The standard InChI is InChI=1S/C14H30O/c1-10(2)8-12(14(5,6)7)13(15)9-11(3)4/h10-13,15H,8-9H2,1-7H3. The molecule has 0 saturated heterocycles. The van der Waals surface area contributed by atoms with Crippen molar-refractivity contribution in [3.8, 4) is 0 Å². The molecule has 0 aromatic heterocycles. The Labute approximate surface area is 96.3 Å². The number of hydrogen-bond acceptors (Lipinski definition) is 1. The van der Waals surface area contributed by atoms with Gasteiger partial charge >= 0.3 is 0 Å². The van der Waals surface area contributed by atoms with Crippen molar-refractivity contribution in [3.05, 3.63) is 0 Å². The van der Waals surface area contributed by atoms with Crippen LogP contribution in [-0.2, 0) is 0 Å². The summed E-state index contributed by atoms with van der Waals surface area (Å²) in [6.07, 6.45) is 1.90. The van der Waals surface area contributed by atoms with E-state index in [0.717, 1.165) is 12.8 Å². The molecular formula is C14H30O. The molecule has 2 atom stereocenters. The van der Waals surface area contributed by atoms with Crippen molar-refractivity contribution < 1.29 is 5.11 Å². The van der Waals surface area contributed by atoms with Crippen LogP contribution in [-0.4, -0.2) is 11.2 Å². The van der Waals surface area contributed by atoms with Crippen molar-refractivity contribution in [1.29, 1.82) is 0 Å². The lowest BCUT2D eigenvalue weighted by atomic mass is 9.72. The summed E-state index contributed by atoms with van der Waals surface area (Å²) in [6, 6.07) is 0. The van der Waals surface area contributed by atoms with Crippen molar-refractivity contribution in [2.24, 2.45) is 23.2 Å². The van der Waals surface area contributed by atoms with Gasteiger partial charge in [-0.05, 0) is 36.0 Å². The second kappa shape index (κ2) is 5.89. The smallest absolute Gasteiger partial charge is 0.0575 e. The molecule has 0 aliphatic rings. The van der Waals surface area contributed by atoms with E-state index in [1.807, 2.05) is 0 Å². The van der Waals surface area contributed by atoms with Gasteiger partial charge in [-0.2, -0.15) is 0 Å². The number of aliphatic hydroxyl groups is 1. The van der Waals surface area contributed by atoms with Crippen LogP contribution in [0, 0.1) is 23.2 Å². The molecule has 0 aliphatic heterocycles. The maximum Gasteiger partial charge on any atom is 0.0575 e. The van der Waals surface area contributed by atoms with Crippen molar-refractivity contribution in [3.63, 3.8) is 0 Å². The van der Waals surface area contributed by atoms with Gasteiger partial charge in [0.2, 0.25) is 0 Å². The fraction of sp³-hybridized carbons (Fsp3) is 1.00. The van der Waals surface area contributed by atoms with Crippen molar-refractivity contribution in [2.75, 3.05) is 0 Å². The molecule has 0 saturated carbocycles. The van der Waals surface area contributed by atoms with Crippen LogP contribution in [0.2, 0.25) is 0 Å². The Morgan fingerprint density at radius 3 is 1.53 bits per heavy atom. The highest BCUT2D eigenvalue weighted by Gasteiger charge is 2.31. The van der Waals surface area contributed by atoms with E-state index >= 15 is 0 Å². The first-order valence-electron chi connectivity index (χ1n) is 6.32. The van der Waals surface area contributed by atoms with E-state index in [1.54, 1.807) is 0 Å². The van der Waals surface area contributed by atoms with Crippen molar-refractivity contribution >= 4 is 0 Å². The fourth-order valence-electron chi connectivity index (χ4n) is 2.24. The van der Waals surface area contributed by atoms with Crippen LogP contribution < -0.4 is 0 Å². The summed E-state index contributed by atoms with van der Waals surface area (Å²) in [7, 11) is 0. The minimum atomic E-state index is -0.146. The van der Waals surface area contributed by atoms with Crippen molar-refractivity contribution in [1.82, 2.24) is 0 Å². The van der Waals surface area contributed by atoms with Gasteiger partial charge in [-0.15, -0.1) is 0 Å². The SMILES string of the molecule is CC(C)CC(O)C(CC(C)C)C(C)(C)C. The zero-order valence-electron chi connectivity index (χ0n) is 11.7. The zero-order valence-corrected chi connectivity index (χ0v) is 11.7. The number of hydrogen-bond donors (Lipinski definition) is 1. The lowest BCUT2D eigenvalue weighted by Gasteiger charge is -2.36. The zero-order chi connectivity index (χ0) is 12.2. The van der Waals surface area contributed by atoms with Crippen LogP contribution in [0.25, 0.3) is 0 Å². The lowest BCUT2D eigenvalue weighted by molar-refractivity contribution is 0.0162. The summed E-state index contributed by atoms with van der Waals surface area (Å²) in [5.41, 5.74) is 0.207. The second-order valence-electron chi connectivity index (χ2n) is 6.80. The maximum atomic E-state index is 10.3. The largest absolute Gasteiger partial charge is 0.393 e. The monoisotopic (exact) mass is 214 g/mol. The van der Waals surface area contributed by atoms with Gasteiger partial charge in [0.15, 0.2) is 0 Å². The molecule has 1 nitrogen and oxygen atoms in total.